The molecule has 0 radical (unpaired) electrons. The molecule has 6 nitrogen and oxygen atoms in total. The van der Waals surface area contributed by atoms with Gasteiger partial charge >= 0.3 is 0 Å². The van der Waals surface area contributed by atoms with Gasteiger partial charge in [0.05, 0.1) is 23.2 Å². The summed E-state index contributed by atoms with van der Waals surface area (Å²) in [4.78, 5) is 13.5. The van der Waals surface area contributed by atoms with Crippen molar-refractivity contribution >= 4 is 21.6 Å². The first-order valence-corrected chi connectivity index (χ1v) is 12.5. The lowest BCUT2D eigenvalue weighted by Crippen LogP contribution is -2.51. The first kappa shape index (κ1) is 22.9. The summed E-state index contributed by atoms with van der Waals surface area (Å²) < 4.78 is 34.1. The molecule has 7 heteroatoms. The van der Waals surface area contributed by atoms with Crippen LogP contribution in [-0.2, 0) is 14.8 Å². The molecule has 4 rings (SSSR count). The van der Waals surface area contributed by atoms with Crippen molar-refractivity contribution in [3.05, 3.63) is 90.5 Å². The summed E-state index contributed by atoms with van der Waals surface area (Å²) in [5.41, 5.74) is 1.43. The maximum atomic E-state index is 13.4. The van der Waals surface area contributed by atoms with Crippen molar-refractivity contribution in [2.24, 2.45) is 5.92 Å². The first-order chi connectivity index (χ1) is 15.9. The normalized spacial score (nSPS) is 16.6. The topological polar surface area (TPSA) is 75.7 Å². The molecule has 0 aliphatic carbocycles. The van der Waals surface area contributed by atoms with Crippen LogP contribution in [0.1, 0.15) is 31.9 Å². The van der Waals surface area contributed by atoms with Gasteiger partial charge in [-0.3, -0.25) is 9.10 Å². The second-order valence-electron chi connectivity index (χ2n) is 8.52. The molecule has 0 saturated heterocycles. The quantitative estimate of drug-likeness (QED) is 0.557. The maximum Gasteiger partial charge on any atom is 0.264 e. The van der Waals surface area contributed by atoms with E-state index in [0.29, 0.717) is 17.4 Å². The highest BCUT2D eigenvalue weighted by atomic mass is 32.2. The van der Waals surface area contributed by atoms with Crippen LogP contribution in [0.3, 0.4) is 0 Å². The van der Waals surface area contributed by atoms with Crippen molar-refractivity contribution in [1.82, 2.24) is 5.32 Å². The maximum absolute atomic E-state index is 13.4. The Hall–Kier alpha value is -3.32. The average molecular weight is 465 g/mol. The van der Waals surface area contributed by atoms with E-state index in [2.05, 4.69) is 19.2 Å². The Morgan fingerprint density at radius 2 is 1.58 bits per heavy atom. The zero-order valence-corrected chi connectivity index (χ0v) is 19.5. The molecule has 0 fully saturated rings. The van der Waals surface area contributed by atoms with Crippen LogP contribution >= 0.6 is 0 Å². The van der Waals surface area contributed by atoms with Gasteiger partial charge in [0, 0.05) is 0 Å². The zero-order valence-electron chi connectivity index (χ0n) is 18.7. The van der Waals surface area contributed by atoms with E-state index in [9.17, 15) is 13.2 Å². The predicted octanol–water partition coefficient (Wildman–Crippen LogP) is 4.55. The summed E-state index contributed by atoms with van der Waals surface area (Å²) in [7, 11) is -3.87. The molecule has 1 amide bonds. The Bertz CT molecular complexity index is 1200. The molecule has 1 heterocycles. The molecule has 3 aromatic rings. The largest absolute Gasteiger partial charge is 0.476 e. The van der Waals surface area contributed by atoms with Crippen LogP contribution < -0.4 is 14.4 Å². The molecule has 2 atom stereocenters. The van der Waals surface area contributed by atoms with Crippen molar-refractivity contribution in [2.75, 3.05) is 10.8 Å². The SMILES string of the molecule is CC(C)C[C@@H](NC(=O)[C@H]1CN(S(=O)(=O)c2ccccc2)c2ccccc2O1)c1ccccc1. The van der Waals surface area contributed by atoms with Gasteiger partial charge in [0.15, 0.2) is 6.10 Å². The Balaban J connectivity index is 1.63. The Labute approximate surface area is 195 Å². The number of para-hydroxylation sites is 2. The van der Waals surface area contributed by atoms with Gasteiger partial charge in [-0.1, -0.05) is 74.5 Å². The van der Waals surface area contributed by atoms with E-state index < -0.39 is 16.1 Å². The van der Waals surface area contributed by atoms with Crippen molar-refractivity contribution in [3.8, 4) is 5.75 Å². The average Bonchev–Trinajstić information content (AvgIpc) is 2.83. The second kappa shape index (κ2) is 9.67. The Morgan fingerprint density at radius 3 is 2.24 bits per heavy atom. The Kier molecular flexibility index (Phi) is 6.70. The van der Waals surface area contributed by atoms with Crippen molar-refractivity contribution < 1.29 is 17.9 Å². The summed E-state index contributed by atoms with van der Waals surface area (Å²) in [6.07, 6.45) is -0.220. The molecule has 1 aliphatic heterocycles. The number of amides is 1. The fraction of sp³-hybridized carbons (Fsp3) is 0.269. The predicted molar refractivity (Wildman–Crippen MR) is 129 cm³/mol. The van der Waals surface area contributed by atoms with Crippen LogP contribution in [0, 0.1) is 5.92 Å². The van der Waals surface area contributed by atoms with Gasteiger partial charge in [-0.2, -0.15) is 0 Å². The molecular weight excluding hydrogens is 436 g/mol. The number of ether oxygens (including phenoxy) is 1. The fourth-order valence-electron chi connectivity index (χ4n) is 3.99. The molecule has 0 unspecified atom stereocenters. The van der Waals surface area contributed by atoms with E-state index in [4.69, 9.17) is 4.74 Å². The number of fused-ring (bicyclic) bond motifs is 1. The monoisotopic (exact) mass is 464 g/mol. The summed E-state index contributed by atoms with van der Waals surface area (Å²) >= 11 is 0. The number of benzene rings is 3. The molecule has 0 spiro atoms. The number of carbonyl (C=O) groups excluding carboxylic acids is 1. The van der Waals surface area contributed by atoms with Gasteiger partial charge in [-0.15, -0.1) is 0 Å². The lowest BCUT2D eigenvalue weighted by Gasteiger charge is -2.35. The van der Waals surface area contributed by atoms with E-state index in [1.54, 1.807) is 54.6 Å². The van der Waals surface area contributed by atoms with Gasteiger partial charge in [-0.25, -0.2) is 8.42 Å². The van der Waals surface area contributed by atoms with E-state index in [-0.39, 0.29) is 23.4 Å². The summed E-state index contributed by atoms with van der Waals surface area (Å²) in [5, 5.41) is 3.09. The highest BCUT2D eigenvalue weighted by Crippen LogP contribution is 2.37. The van der Waals surface area contributed by atoms with Crippen LogP contribution in [0.2, 0.25) is 0 Å². The van der Waals surface area contributed by atoms with Gasteiger partial charge in [-0.05, 0) is 42.2 Å². The van der Waals surface area contributed by atoms with Crippen molar-refractivity contribution in [1.29, 1.82) is 0 Å². The minimum Gasteiger partial charge on any atom is -0.476 e. The van der Waals surface area contributed by atoms with Gasteiger partial charge in [0.25, 0.3) is 15.9 Å². The van der Waals surface area contributed by atoms with E-state index in [1.165, 1.54) is 4.31 Å². The standard InChI is InChI=1S/C26H28N2O4S/c1-19(2)17-22(20-11-5-3-6-12-20)27-26(29)25-18-28(23-15-9-10-16-24(23)32-25)33(30,31)21-13-7-4-8-14-21/h3-16,19,22,25H,17-18H2,1-2H3,(H,27,29)/t22-,25-/m1/s1. The third-order valence-electron chi connectivity index (χ3n) is 5.58. The lowest BCUT2D eigenvalue weighted by molar-refractivity contribution is -0.128. The van der Waals surface area contributed by atoms with E-state index in [0.717, 1.165) is 12.0 Å². The van der Waals surface area contributed by atoms with Gasteiger partial charge in [0.1, 0.15) is 5.75 Å². The number of nitrogens with one attached hydrogen (secondary N) is 1. The van der Waals surface area contributed by atoms with Gasteiger partial charge < -0.3 is 10.1 Å². The molecule has 0 saturated carbocycles. The number of anilines is 1. The summed E-state index contributed by atoms with van der Waals surface area (Å²) in [6.45, 7) is 4.09. The molecule has 3 aromatic carbocycles. The summed E-state index contributed by atoms with van der Waals surface area (Å²) in [5.74, 6) is 0.384. The minimum atomic E-state index is -3.87. The van der Waals surface area contributed by atoms with Crippen LogP contribution in [0.25, 0.3) is 0 Å². The molecule has 1 aliphatic rings. The molecule has 172 valence electrons. The smallest absolute Gasteiger partial charge is 0.264 e. The molecule has 33 heavy (non-hydrogen) atoms. The first-order valence-electron chi connectivity index (χ1n) is 11.0. The lowest BCUT2D eigenvalue weighted by atomic mass is 9.96. The highest BCUT2D eigenvalue weighted by Gasteiger charge is 2.38. The van der Waals surface area contributed by atoms with Crippen LogP contribution in [0.4, 0.5) is 5.69 Å². The van der Waals surface area contributed by atoms with Crippen molar-refractivity contribution in [2.45, 2.75) is 37.3 Å². The zero-order chi connectivity index (χ0) is 23.4. The van der Waals surface area contributed by atoms with Crippen LogP contribution in [0.15, 0.2) is 89.8 Å². The minimum absolute atomic E-state index is 0.108. The second-order valence-corrected chi connectivity index (χ2v) is 10.4. The number of nitrogens with zero attached hydrogens (tertiary/aromatic N) is 1. The number of rotatable bonds is 7. The van der Waals surface area contributed by atoms with Crippen LogP contribution in [-0.4, -0.2) is 27.0 Å². The highest BCUT2D eigenvalue weighted by molar-refractivity contribution is 7.92. The van der Waals surface area contributed by atoms with Gasteiger partial charge in [0.2, 0.25) is 0 Å². The molecule has 0 bridgehead atoms. The van der Waals surface area contributed by atoms with E-state index in [1.807, 2.05) is 30.3 Å². The number of hydrogen-bond donors (Lipinski definition) is 1. The molecule has 0 aromatic heterocycles. The third kappa shape index (κ3) is 5.03. The molecule has 1 N–H and O–H groups in total. The van der Waals surface area contributed by atoms with Crippen LogP contribution in [0.5, 0.6) is 5.75 Å². The summed E-state index contributed by atoms with van der Waals surface area (Å²) in [6, 6.07) is 24.7. The molecular formula is C26H28N2O4S. The van der Waals surface area contributed by atoms with E-state index >= 15 is 0 Å². The Morgan fingerprint density at radius 1 is 0.970 bits per heavy atom. The van der Waals surface area contributed by atoms with Crippen molar-refractivity contribution in [3.63, 3.8) is 0 Å². The number of hydrogen-bond acceptors (Lipinski definition) is 4. The third-order valence-corrected chi connectivity index (χ3v) is 7.38. The fourth-order valence-corrected chi connectivity index (χ4v) is 5.48. The number of carbonyl (C=O) groups is 1. The number of sulfonamides is 1.